The fraction of sp³-hybridized carbons (Fsp3) is 0.278. The van der Waals surface area contributed by atoms with Crippen LogP contribution in [0.5, 0.6) is 11.5 Å². The van der Waals surface area contributed by atoms with Crippen molar-refractivity contribution in [3.8, 4) is 11.5 Å². The lowest BCUT2D eigenvalue weighted by Gasteiger charge is -2.09. The summed E-state index contributed by atoms with van der Waals surface area (Å²) in [7, 11) is -0.837. The Kier molecular flexibility index (Phi) is 5.18. The smallest absolute Gasteiger partial charge is 0.457 e. The second-order valence-corrected chi connectivity index (χ2v) is 5.80. The summed E-state index contributed by atoms with van der Waals surface area (Å²) in [6.07, 6.45) is 1.40. The lowest BCUT2D eigenvalue weighted by Crippen LogP contribution is -2.27. The number of amides is 1. The van der Waals surface area contributed by atoms with Gasteiger partial charge in [-0.1, -0.05) is 25.1 Å². The van der Waals surface area contributed by atoms with Crippen LogP contribution in [0.3, 0.4) is 0 Å². The molecular formula is C18H20BNO4. The zero-order valence-electron chi connectivity index (χ0n) is 13.6. The zero-order chi connectivity index (χ0) is 16.9. The second-order valence-electron chi connectivity index (χ2n) is 5.80. The zero-order valence-corrected chi connectivity index (χ0v) is 13.6. The van der Waals surface area contributed by atoms with Crippen molar-refractivity contribution < 1.29 is 19.2 Å². The summed E-state index contributed by atoms with van der Waals surface area (Å²) in [5, 5.41) is 12.5. The molecule has 24 heavy (non-hydrogen) atoms. The van der Waals surface area contributed by atoms with Gasteiger partial charge in [-0.05, 0) is 47.3 Å². The van der Waals surface area contributed by atoms with Crippen molar-refractivity contribution in [3.05, 3.63) is 53.6 Å². The standard InChI is InChI=1S/C18H20BNO4/c1-2-3-18(21)20-11-13-4-6-15(7-5-13)24-16-8-9-17-14(10-16)12-23-19(17)22/h4-10,22H,2-3,11-12H2,1H3,(H,20,21). The highest BCUT2D eigenvalue weighted by atomic mass is 16.5. The van der Waals surface area contributed by atoms with Crippen molar-refractivity contribution in [1.29, 1.82) is 0 Å². The van der Waals surface area contributed by atoms with Crippen LogP contribution < -0.4 is 15.5 Å². The molecule has 0 aromatic heterocycles. The summed E-state index contributed by atoms with van der Waals surface area (Å²) in [6.45, 7) is 2.90. The van der Waals surface area contributed by atoms with Gasteiger partial charge in [0.05, 0.1) is 6.61 Å². The molecule has 0 bridgehead atoms. The normalized spacial score (nSPS) is 12.8. The Labute approximate surface area is 141 Å². The number of carbonyl (C=O) groups is 1. The van der Waals surface area contributed by atoms with E-state index in [2.05, 4.69) is 5.32 Å². The number of fused-ring (bicyclic) bond motifs is 1. The summed E-state index contributed by atoms with van der Waals surface area (Å²) >= 11 is 0. The molecule has 1 heterocycles. The predicted molar refractivity (Wildman–Crippen MR) is 92.1 cm³/mol. The van der Waals surface area contributed by atoms with Crippen molar-refractivity contribution in [2.24, 2.45) is 0 Å². The predicted octanol–water partition coefficient (Wildman–Crippen LogP) is 2.11. The molecule has 0 unspecified atom stereocenters. The monoisotopic (exact) mass is 325 g/mol. The summed E-state index contributed by atoms with van der Waals surface area (Å²) in [4.78, 5) is 11.5. The van der Waals surface area contributed by atoms with E-state index in [9.17, 15) is 9.82 Å². The second kappa shape index (κ2) is 7.51. The fourth-order valence-electron chi connectivity index (χ4n) is 2.60. The number of ether oxygens (including phenoxy) is 1. The van der Waals surface area contributed by atoms with Crippen LogP contribution in [0, 0.1) is 0 Å². The third-order valence-corrected chi connectivity index (χ3v) is 3.90. The van der Waals surface area contributed by atoms with E-state index >= 15 is 0 Å². The van der Waals surface area contributed by atoms with Crippen LogP contribution >= 0.6 is 0 Å². The van der Waals surface area contributed by atoms with Crippen molar-refractivity contribution >= 4 is 18.5 Å². The molecule has 2 N–H and O–H groups in total. The Morgan fingerprint density at radius 3 is 2.75 bits per heavy atom. The van der Waals surface area contributed by atoms with Crippen LogP contribution in [0.4, 0.5) is 0 Å². The first-order chi connectivity index (χ1) is 11.7. The van der Waals surface area contributed by atoms with Crippen LogP contribution in [0.15, 0.2) is 42.5 Å². The maximum atomic E-state index is 11.5. The molecule has 0 fully saturated rings. The van der Waals surface area contributed by atoms with Gasteiger partial charge in [0.25, 0.3) is 0 Å². The topological polar surface area (TPSA) is 67.8 Å². The molecule has 1 aliphatic heterocycles. The van der Waals surface area contributed by atoms with E-state index in [1.807, 2.05) is 49.4 Å². The molecule has 124 valence electrons. The average molecular weight is 325 g/mol. The van der Waals surface area contributed by atoms with E-state index in [0.29, 0.717) is 25.3 Å². The maximum Gasteiger partial charge on any atom is 0.491 e. The number of benzene rings is 2. The minimum Gasteiger partial charge on any atom is -0.457 e. The van der Waals surface area contributed by atoms with E-state index < -0.39 is 7.12 Å². The molecule has 0 radical (unpaired) electrons. The van der Waals surface area contributed by atoms with E-state index in [4.69, 9.17) is 9.39 Å². The highest BCUT2D eigenvalue weighted by Gasteiger charge is 2.27. The fourth-order valence-corrected chi connectivity index (χ4v) is 2.60. The van der Waals surface area contributed by atoms with Gasteiger partial charge in [-0.2, -0.15) is 0 Å². The minimum atomic E-state index is -0.837. The Morgan fingerprint density at radius 2 is 2.00 bits per heavy atom. The highest BCUT2D eigenvalue weighted by molar-refractivity contribution is 6.61. The van der Waals surface area contributed by atoms with Gasteiger partial charge in [0.15, 0.2) is 0 Å². The summed E-state index contributed by atoms with van der Waals surface area (Å²) in [5.74, 6) is 1.49. The van der Waals surface area contributed by atoms with E-state index in [1.54, 1.807) is 0 Å². The van der Waals surface area contributed by atoms with Crippen LogP contribution in [-0.4, -0.2) is 18.0 Å². The van der Waals surface area contributed by atoms with Crippen LogP contribution in [0.1, 0.15) is 30.9 Å². The first kappa shape index (κ1) is 16.5. The highest BCUT2D eigenvalue weighted by Crippen LogP contribution is 2.24. The summed E-state index contributed by atoms with van der Waals surface area (Å²) in [5.41, 5.74) is 2.76. The molecule has 6 heteroatoms. The van der Waals surface area contributed by atoms with Gasteiger partial charge in [-0.3, -0.25) is 4.79 Å². The molecule has 2 aromatic rings. The Balaban J connectivity index is 1.59. The molecular weight excluding hydrogens is 305 g/mol. The molecule has 0 spiro atoms. The molecule has 0 saturated heterocycles. The van der Waals surface area contributed by atoms with Gasteiger partial charge in [-0.15, -0.1) is 0 Å². The van der Waals surface area contributed by atoms with E-state index in [-0.39, 0.29) is 5.91 Å². The number of rotatable bonds is 6. The maximum absolute atomic E-state index is 11.5. The van der Waals surface area contributed by atoms with E-state index in [1.165, 1.54) is 0 Å². The van der Waals surface area contributed by atoms with Crippen molar-refractivity contribution in [3.63, 3.8) is 0 Å². The number of nitrogens with one attached hydrogen (secondary N) is 1. The van der Waals surface area contributed by atoms with Crippen molar-refractivity contribution in [2.75, 3.05) is 0 Å². The van der Waals surface area contributed by atoms with Gasteiger partial charge >= 0.3 is 7.12 Å². The number of hydrogen-bond acceptors (Lipinski definition) is 4. The van der Waals surface area contributed by atoms with Crippen LogP contribution in [0.25, 0.3) is 0 Å². The molecule has 3 rings (SSSR count). The quantitative estimate of drug-likeness (QED) is 0.799. The lowest BCUT2D eigenvalue weighted by molar-refractivity contribution is -0.121. The van der Waals surface area contributed by atoms with Gasteiger partial charge < -0.3 is 19.7 Å². The molecule has 5 nitrogen and oxygen atoms in total. The molecule has 0 aliphatic carbocycles. The SMILES string of the molecule is CCCC(=O)NCc1ccc(Oc2ccc3c(c2)COB3O)cc1. The number of carbonyl (C=O) groups excluding carboxylic acids is 1. The van der Waals surface area contributed by atoms with Gasteiger partial charge in [0.1, 0.15) is 11.5 Å². The Morgan fingerprint density at radius 1 is 1.25 bits per heavy atom. The third kappa shape index (κ3) is 3.96. The first-order valence-corrected chi connectivity index (χ1v) is 8.11. The Hall–Kier alpha value is -2.31. The molecule has 2 aromatic carbocycles. The van der Waals surface area contributed by atoms with Gasteiger partial charge in [-0.25, -0.2) is 0 Å². The van der Waals surface area contributed by atoms with Crippen molar-refractivity contribution in [1.82, 2.24) is 5.32 Å². The summed E-state index contributed by atoms with van der Waals surface area (Å²) in [6, 6.07) is 13.1. The van der Waals surface area contributed by atoms with Crippen molar-refractivity contribution in [2.45, 2.75) is 32.9 Å². The largest absolute Gasteiger partial charge is 0.491 e. The third-order valence-electron chi connectivity index (χ3n) is 3.90. The number of hydrogen-bond donors (Lipinski definition) is 2. The van der Waals surface area contributed by atoms with E-state index in [0.717, 1.165) is 28.8 Å². The minimum absolute atomic E-state index is 0.0698. The molecule has 0 atom stereocenters. The molecule has 0 saturated carbocycles. The average Bonchev–Trinajstić information content (AvgIpc) is 2.95. The van der Waals surface area contributed by atoms with Crippen LogP contribution in [-0.2, 0) is 22.6 Å². The van der Waals surface area contributed by atoms with Gasteiger partial charge in [0, 0.05) is 13.0 Å². The van der Waals surface area contributed by atoms with Gasteiger partial charge in [0.2, 0.25) is 5.91 Å². The Bertz CT molecular complexity index is 717. The molecule has 1 amide bonds. The molecule has 1 aliphatic rings. The van der Waals surface area contributed by atoms with Crippen LogP contribution in [0.2, 0.25) is 0 Å². The first-order valence-electron chi connectivity index (χ1n) is 8.11. The summed E-state index contributed by atoms with van der Waals surface area (Å²) < 4.78 is 11.0. The lowest BCUT2D eigenvalue weighted by atomic mass is 9.80.